The molecule has 0 aliphatic carbocycles. The quantitative estimate of drug-likeness (QED) is 0.472. The fourth-order valence-electron chi connectivity index (χ4n) is 2.30. The largest absolute Gasteiger partial charge is 0.478 e. The lowest BCUT2D eigenvalue weighted by atomic mass is 10.1. The van der Waals surface area contributed by atoms with Crippen molar-refractivity contribution in [1.82, 2.24) is 4.98 Å². The molecule has 2 N–H and O–H groups in total. The van der Waals surface area contributed by atoms with Gasteiger partial charge in [-0.2, -0.15) is 0 Å². The van der Waals surface area contributed by atoms with E-state index in [1.165, 1.54) is 17.3 Å². The standard InChI is InChI=1S/C17H12INO3S/c18-9-10-5-7-11(8-6-10)23-15-14(17(21)22)12-3-1-2-4-13(12)19-16(15)20/h1-8H,9H2,(H,19,20)(H,21,22). The van der Waals surface area contributed by atoms with E-state index < -0.39 is 5.97 Å². The highest BCUT2D eigenvalue weighted by Crippen LogP contribution is 2.31. The van der Waals surface area contributed by atoms with Gasteiger partial charge in [0.2, 0.25) is 0 Å². The van der Waals surface area contributed by atoms with Gasteiger partial charge in [0.15, 0.2) is 0 Å². The lowest BCUT2D eigenvalue weighted by molar-refractivity contribution is 0.0695. The number of benzene rings is 2. The minimum absolute atomic E-state index is 0.0484. The van der Waals surface area contributed by atoms with Crippen molar-refractivity contribution in [2.24, 2.45) is 0 Å². The molecule has 1 aromatic heterocycles. The van der Waals surface area contributed by atoms with Gasteiger partial charge in [-0.15, -0.1) is 0 Å². The lowest BCUT2D eigenvalue weighted by Gasteiger charge is -2.09. The predicted octanol–water partition coefficient (Wildman–Crippen LogP) is 4.31. The second-order valence-electron chi connectivity index (χ2n) is 4.89. The van der Waals surface area contributed by atoms with Crippen LogP contribution in [0.15, 0.2) is 63.1 Å². The Hall–Kier alpha value is -1.80. The smallest absolute Gasteiger partial charge is 0.337 e. The molecule has 116 valence electrons. The molecule has 3 aromatic rings. The molecule has 0 atom stereocenters. The van der Waals surface area contributed by atoms with Crippen LogP contribution in [-0.4, -0.2) is 16.1 Å². The minimum Gasteiger partial charge on any atom is -0.478 e. The third kappa shape index (κ3) is 3.28. The average Bonchev–Trinajstić information content (AvgIpc) is 2.55. The second kappa shape index (κ2) is 6.76. The molecule has 0 aliphatic heterocycles. The number of halogens is 1. The van der Waals surface area contributed by atoms with E-state index in [1.807, 2.05) is 24.3 Å². The van der Waals surface area contributed by atoms with Crippen molar-refractivity contribution >= 4 is 51.2 Å². The second-order valence-corrected chi connectivity index (χ2v) is 6.74. The minimum atomic E-state index is -1.10. The summed E-state index contributed by atoms with van der Waals surface area (Å²) in [6.07, 6.45) is 0. The maximum absolute atomic E-state index is 12.3. The molecular weight excluding hydrogens is 425 g/mol. The van der Waals surface area contributed by atoms with Gasteiger partial charge in [-0.1, -0.05) is 64.7 Å². The number of H-pyrrole nitrogens is 1. The van der Waals surface area contributed by atoms with Crippen LogP contribution in [-0.2, 0) is 4.43 Å². The molecule has 0 aliphatic rings. The van der Waals surface area contributed by atoms with Crippen molar-refractivity contribution in [3.63, 3.8) is 0 Å². The van der Waals surface area contributed by atoms with Crippen molar-refractivity contribution in [3.05, 3.63) is 70.0 Å². The Labute approximate surface area is 150 Å². The number of para-hydroxylation sites is 1. The number of carboxylic acid groups (broad SMARTS) is 1. The number of nitrogens with one attached hydrogen (secondary N) is 1. The monoisotopic (exact) mass is 437 g/mol. The first-order valence-corrected chi connectivity index (χ1v) is 9.15. The summed E-state index contributed by atoms with van der Waals surface area (Å²) in [5.41, 5.74) is 1.37. The molecule has 0 amide bonds. The molecule has 0 bridgehead atoms. The normalized spacial score (nSPS) is 10.8. The highest BCUT2D eigenvalue weighted by Gasteiger charge is 2.19. The average molecular weight is 437 g/mol. The van der Waals surface area contributed by atoms with Crippen LogP contribution in [0.3, 0.4) is 0 Å². The number of aromatic amines is 1. The Balaban J connectivity index is 2.15. The Bertz CT molecular complexity index is 935. The number of aromatic nitrogens is 1. The van der Waals surface area contributed by atoms with Gasteiger partial charge in [0, 0.05) is 20.2 Å². The van der Waals surface area contributed by atoms with E-state index in [-0.39, 0.29) is 16.0 Å². The lowest BCUT2D eigenvalue weighted by Crippen LogP contribution is -2.15. The Morgan fingerprint density at radius 3 is 2.48 bits per heavy atom. The number of hydrogen-bond acceptors (Lipinski definition) is 3. The summed E-state index contributed by atoms with van der Waals surface area (Å²) in [5.74, 6) is -1.10. The van der Waals surface area contributed by atoms with E-state index in [0.29, 0.717) is 10.9 Å². The van der Waals surface area contributed by atoms with Crippen LogP contribution in [0.2, 0.25) is 0 Å². The number of alkyl halides is 1. The number of rotatable bonds is 4. The van der Waals surface area contributed by atoms with Crippen molar-refractivity contribution in [1.29, 1.82) is 0 Å². The summed E-state index contributed by atoms with van der Waals surface area (Å²) in [4.78, 5) is 27.9. The van der Waals surface area contributed by atoms with E-state index in [4.69, 9.17) is 0 Å². The Morgan fingerprint density at radius 2 is 1.83 bits per heavy atom. The SMILES string of the molecule is O=C(O)c1c(Sc2ccc(CI)cc2)c(=O)[nH]c2ccccc12. The zero-order chi connectivity index (χ0) is 16.4. The summed E-state index contributed by atoms with van der Waals surface area (Å²) in [5, 5.41) is 10.1. The number of pyridine rings is 1. The highest BCUT2D eigenvalue weighted by atomic mass is 127. The highest BCUT2D eigenvalue weighted by molar-refractivity contribution is 14.1. The van der Waals surface area contributed by atoms with Gasteiger partial charge in [-0.05, 0) is 23.8 Å². The van der Waals surface area contributed by atoms with Gasteiger partial charge >= 0.3 is 5.97 Å². The van der Waals surface area contributed by atoms with Crippen LogP contribution in [0.1, 0.15) is 15.9 Å². The molecule has 4 nitrogen and oxygen atoms in total. The van der Waals surface area contributed by atoms with Crippen molar-refractivity contribution in [2.75, 3.05) is 0 Å². The fourth-order valence-corrected chi connectivity index (χ4v) is 3.76. The number of carbonyl (C=O) groups is 1. The van der Waals surface area contributed by atoms with Crippen LogP contribution >= 0.6 is 34.4 Å². The van der Waals surface area contributed by atoms with Gasteiger partial charge in [0.05, 0.1) is 10.5 Å². The molecule has 0 radical (unpaired) electrons. The third-order valence-corrected chi connectivity index (χ3v) is 5.37. The molecule has 0 saturated carbocycles. The first kappa shape index (κ1) is 16.1. The molecule has 0 spiro atoms. The molecule has 0 saturated heterocycles. The molecule has 3 rings (SSSR count). The molecule has 23 heavy (non-hydrogen) atoms. The molecule has 2 aromatic carbocycles. The number of fused-ring (bicyclic) bond motifs is 1. The summed E-state index contributed by atoms with van der Waals surface area (Å²) in [6.45, 7) is 0. The fraction of sp³-hybridized carbons (Fsp3) is 0.0588. The molecule has 0 fully saturated rings. The first-order chi connectivity index (χ1) is 11.1. The van der Waals surface area contributed by atoms with Gasteiger partial charge in [-0.25, -0.2) is 4.79 Å². The summed E-state index contributed by atoms with van der Waals surface area (Å²) in [6, 6.07) is 14.7. The topological polar surface area (TPSA) is 70.2 Å². The maximum Gasteiger partial charge on any atom is 0.337 e. The zero-order valence-corrected chi connectivity index (χ0v) is 14.8. The number of carboxylic acids is 1. The van der Waals surface area contributed by atoms with E-state index >= 15 is 0 Å². The van der Waals surface area contributed by atoms with E-state index in [9.17, 15) is 14.7 Å². The van der Waals surface area contributed by atoms with E-state index in [1.54, 1.807) is 24.3 Å². The number of aromatic carboxylic acids is 1. The summed E-state index contributed by atoms with van der Waals surface area (Å²) < 4.78 is 0.902. The Kier molecular flexibility index (Phi) is 4.72. The van der Waals surface area contributed by atoms with Gasteiger partial charge in [0.1, 0.15) is 0 Å². The van der Waals surface area contributed by atoms with Crippen molar-refractivity contribution in [3.8, 4) is 0 Å². The van der Waals surface area contributed by atoms with E-state index in [0.717, 1.165) is 9.32 Å². The van der Waals surface area contributed by atoms with Crippen LogP contribution in [0.5, 0.6) is 0 Å². The molecule has 1 heterocycles. The Morgan fingerprint density at radius 1 is 1.13 bits per heavy atom. The maximum atomic E-state index is 12.3. The van der Waals surface area contributed by atoms with E-state index in [2.05, 4.69) is 27.6 Å². The van der Waals surface area contributed by atoms with Gasteiger partial charge in [-0.3, -0.25) is 4.79 Å². The number of hydrogen-bond donors (Lipinski definition) is 2. The van der Waals surface area contributed by atoms with Crippen LogP contribution in [0, 0.1) is 0 Å². The molecular formula is C17H12INO3S. The zero-order valence-electron chi connectivity index (χ0n) is 11.9. The summed E-state index contributed by atoms with van der Waals surface area (Å²) in [7, 11) is 0. The van der Waals surface area contributed by atoms with Gasteiger partial charge < -0.3 is 10.1 Å². The van der Waals surface area contributed by atoms with Crippen LogP contribution < -0.4 is 5.56 Å². The third-order valence-electron chi connectivity index (χ3n) is 3.39. The summed E-state index contributed by atoms with van der Waals surface area (Å²) >= 11 is 3.45. The van der Waals surface area contributed by atoms with Crippen molar-refractivity contribution < 1.29 is 9.90 Å². The van der Waals surface area contributed by atoms with Crippen LogP contribution in [0.25, 0.3) is 10.9 Å². The first-order valence-electron chi connectivity index (χ1n) is 6.81. The predicted molar refractivity (Wildman–Crippen MR) is 99.8 cm³/mol. The van der Waals surface area contributed by atoms with Gasteiger partial charge in [0.25, 0.3) is 5.56 Å². The van der Waals surface area contributed by atoms with Crippen molar-refractivity contribution in [2.45, 2.75) is 14.2 Å². The van der Waals surface area contributed by atoms with Crippen LogP contribution in [0.4, 0.5) is 0 Å². The molecule has 6 heteroatoms. The molecule has 0 unspecified atom stereocenters.